The maximum atomic E-state index is 11.2. The predicted octanol–water partition coefficient (Wildman–Crippen LogP) is 0.283. The smallest absolute Gasteiger partial charge is 0.417 e. The molecule has 0 saturated carbocycles. The van der Waals surface area contributed by atoms with Crippen LogP contribution in [0.4, 0.5) is 4.79 Å². The van der Waals surface area contributed by atoms with E-state index < -0.39 is 11.7 Å². The Labute approximate surface area is 69.9 Å². The van der Waals surface area contributed by atoms with Gasteiger partial charge in [0, 0.05) is 12.8 Å². The van der Waals surface area contributed by atoms with Crippen molar-refractivity contribution in [1.29, 1.82) is 0 Å². The highest BCUT2D eigenvalue weighted by molar-refractivity contribution is 7.80. The van der Waals surface area contributed by atoms with E-state index in [1.165, 1.54) is 7.05 Å². The molecule has 1 unspecified atom stereocenters. The highest BCUT2D eigenvalue weighted by Crippen LogP contribution is 2.23. The summed E-state index contributed by atoms with van der Waals surface area (Å²) in [5.41, 5.74) is -1.06. The Hall–Kier alpha value is -0.710. The van der Waals surface area contributed by atoms with E-state index in [0.717, 1.165) is 4.90 Å². The van der Waals surface area contributed by atoms with Gasteiger partial charge in [-0.05, 0) is 6.92 Å². The summed E-state index contributed by atoms with van der Waals surface area (Å²) in [7, 11) is 1.39. The van der Waals surface area contributed by atoms with Gasteiger partial charge in [-0.2, -0.15) is 12.6 Å². The molecule has 1 atom stereocenters. The molecule has 2 amide bonds. The maximum Gasteiger partial charge on any atom is 0.417 e. The van der Waals surface area contributed by atoms with E-state index in [-0.39, 0.29) is 11.7 Å². The molecule has 1 saturated heterocycles. The minimum Gasteiger partial charge on any atom is -0.432 e. The van der Waals surface area contributed by atoms with Gasteiger partial charge in [0.2, 0.25) is 0 Å². The van der Waals surface area contributed by atoms with Crippen molar-refractivity contribution >= 4 is 24.6 Å². The average molecular weight is 175 g/mol. The van der Waals surface area contributed by atoms with Crippen LogP contribution >= 0.6 is 12.6 Å². The van der Waals surface area contributed by atoms with Gasteiger partial charge in [0.05, 0.1) is 0 Å². The number of amides is 2. The second kappa shape index (κ2) is 2.41. The Morgan fingerprint density at radius 2 is 2.18 bits per heavy atom. The van der Waals surface area contributed by atoms with Gasteiger partial charge in [0.15, 0.2) is 5.60 Å². The summed E-state index contributed by atoms with van der Waals surface area (Å²) < 4.78 is 4.78. The Kier molecular flexibility index (Phi) is 1.83. The minimum absolute atomic E-state index is 0.210. The first kappa shape index (κ1) is 8.39. The van der Waals surface area contributed by atoms with Gasteiger partial charge in [-0.15, -0.1) is 0 Å². The lowest BCUT2D eigenvalue weighted by Gasteiger charge is -2.15. The number of likely N-dealkylation sites (N-methyl/N-ethyl adjacent to an activating group) is 1. The van der Waals surface area contributed by atoms with Crippen LogP contribution in [0.15, 0.2) is 0 Å². The second-order valence-electron chi connectivity index (χ2n) is 2.62. The van der Waals surface area contributed by atoms with Crippen molar-refractivity contribution in [2.24, 2.45) is 0 Å². The molecule has 0 aromatic rings. The lowest BCUT2D eigenvalue weighted by Crippen LogP contribution is -2.38. The van der Waals surface area contributed by atoms with E-state index in [1.807, 2.05) is 0 Å². The van der Waals surface area contributed by atoms with Gasteiger partial charge in [0.25, 0.3) is 5.91 Å². The number of thiol groups is 1. The van der Waals surface area contributed by atoms with Crippen molar-refractivity contribution < 1.29 is 14.3 Å². The molecule has 5 heteroatoms. The molecule has 11 heavy (non-hydrogen) atoms. The first-order valence-corrected chi connectivity index (χ1v) is 3.76. The molecule has 1 aliphatic rings. The van der Waals surface area contributed by atoms with Crippen LogP contribution < -0.4 is 0 Å². The zero-order valence-corrected chi connectivity index (χ0v) is 7.22. The fraction of sp³-hybridized carbons (Fsp3) is 0.667. The number of nitrogens with zero attached hydrogens (tertiary/aromatic N) is 1. The topological polar surface area (TPSA) is 46.6 Å². The zero-order chi connectivity index (χ0) is 8.65. The Morgan fingerprint density at radius 3 is 2.36 bits per heavy atom. The van der Waals surface area contributed by atoms with E-state index in [1.54, 1.807) is 6.92 Å². The summed E-state index contributed by atoms with van der Waals surface area (Å²) in [5, 5.41) is 0. The molecule has 0 aliphatic carbocycles. The predicted molar refractivity (Wildman–Crippen MR) is 41.5 cm³/mol. The Balaban J connectivity index is 2.91. The van der Waals surface area contributed by atoms with E-state index in [0.29, 0.717) is 0 Å². The number of hydrogen-bond donors (Lipinski definition) is 1. The molecule has 1 heterocycles. The van der Waals surface area contributed by atoms with Crippen LogP contribution in [0.25, 0.3) is 0 Å². The monoisotopic (exact) mass is 175 g/mol. The SMILES string of the molecule is CN1C(=O)OC(C)(CS)C1=O. The number of carbonyl (C=O) groups is 2. The van der Waals surface area contributed by atoms with Crippen LogP contribution in [0.3, 0.4) is 0 Å². The molecule has 1 aliphatic heterocycles. The lowest BCUT2D eigenvalue weighted by molar-refractivity contribution is -0.133. The molecular weight excluding hydrogens is 166 g/mol. The van der Waals surface area contributed by atoms with Gasteiger partial charge in [-0.25, -0.2) is 9.69 Å². The zero-order valence-electron chi connectivity index (χ0n) is 6.33. The molecule has 0 bridgehead atoms. The molecule has 4 nitrogen and oxygen atoms in total. The molecule has 1 fully saturated rings. The summed E-state index contributed by atoms with van der Waals surface area (Å²) in [4.78, 5) is 23.0. The third-order valence-electron chi connectivity index (χ3n) is 1.65. The molecule has 0 N–H and O–H groups in total. The van der Waals surface area contributed by atoms with Crippen molar-refractivity contribution in [3.63, 3.8) is 0 Å². The second-order valence-corrected chi connectivity index (χ2v) is 2.94. The number of ether oxygens (including phenoxy) is 1. The van der Waals surface area contributed by atoms with Crippen LogP contribution in [-0.2, 0) is 9.53 Å². The molecule has 0 radical (unpaired) electrons. The van der Waals surface area contributed by atoms with Crippen LogP contribution in [0.2, 0.25) is 0 Å². The Bertz CT molecular complexity index is 218. The molecule has 0 aromatic carbocycles. The number of carbonyl (C=O) groups excluding carboxylic acids is 2. The normalized spacial score (nSPS) is 31.0. The van der Waals surface area contributed by atoms with Gasteiger partial charge < -0.3 is 4.74 Å². The molecule has 1 rings (SSSR count). The van der Waals surface area contributed by atoms with E-state index >= 15 is 0 Å². The molecule has 0 aromatic heterocycles. The molecular formula is C6H9NO3S. The van der Waals surface area contributed by atoms with Gasteiger partial charge in [-0.3, -0.25) is 4.79 Å². The fourth-order valence-corrected chi connectivity index (χ4v) is 1.04. The summed E-state index contributed by atoms with van der Waals surface area (Å²) >= 11 is 3.92. The largest absolute Gasteiger partial charge is 0.432 e. The van der Waals surface area contributed by atoms with E-state index in [4.69, 9.17) is 4.74 Å². The maximum absolute atomic E-state index is 11.2. The van der Waals surface area contributed by atoms with Gasteiger partial charge in [0.1, 0.15) is 0 Å². The lowest BCUT2D eigenvalue weighted by atomic mass is 10.1. The van der Waals surface area contributed by atoms with Gasteiger partial charge >= 0.3 is 6.09 Å². The quantitative estimate of drug-likeness (QED) is 0.582. The average Bonchev–Trinajstić information content (AvgIpc) is 2.17. The summed E-state index contributed by atoms with van der Waals surface area (Å²) in [5.74, 6) is -0.125. The van der Waals surface area contributed by atoms with Crippen LogP contribution in [0, 0.1) is 0 Å². The highest BCUT2D eigenvalue weighted by atomic mass is 32.1. The number of rotatable bonds is 1. The fourth-order valence-electron chi connectivity index (χ4n) is 0.842. The number of hydrogen-bond acceptors (Lipinski definition) is 4. The van der Waals surface area contributed by atoms with Crippen LogP contribution in [-0.4, -0.2) is 35.3 Å². The minimum atomic E-state index is -1.06. The molecule has 0 spiro atoms. The van der Waals surface area contributed by atoms with E-state index in [9.17, 15) is 9.59 Å². The summed E-state index contributed by atoms with van der Waals surface area (Å²) in [6.07, 6.45) is -0.605. The van der Waals surface area contributed by atoms with Crippen molar-refractivity contribution in [2.75, 3.05) is 12.8 Å². The summed E-state index contributed by atoms with van der Waals surface area (Å²) in [6, 6.07) is 0. The first-order chi connectivity index (χ1) is 5.01. The van der Waals surface area contributed by atoms with E-state index in [2.05, 4.69) is 12.6 Å². The van der Waals surface area contributed by atoms with Crippen LogP contribution in [0.5, 0.6) is 0 Å². The van der Waals surface area contributed by atoms with Crippen molar-refractivity contribution in [3.05, 3.63) is 0 Å². The van der Waals surface area contributed by atoms with Crippen molar-refractivity contribution in [2.45, 2.75) is 12.5 Å². The third-order valence-corrected chi connectivity index (χ3v) is 2.25. The first-order valence-electron chi connectivity index (χ1n) is 3.13. The van der Waals surface area contributed by atoms with Crippen LogP contribution in [0.1, 0.15) is 6.92 Å². The number of cyclic esters (lactones) is 1. The highest BCUT2D eigenvalue weighted by Gasteiger charge is 2.47. The number of imide groups is 1. The Morgan fingerprint density at radius 1 is 1.64 bits per heavy atom. The molecule has 62 valence electrons. The van der Waals surface area contributed by atoms with Crippen molar-refractivity contribution in [1.82, 2.24) is 4.90 Å². The standard InChI is InChI=1S/C6H9NO3S/c1-6(3-11)4(8)7(2)5(9)10-6/h11H,3H2,1-2H3. The summed E-state index contributed by atoms with van der Waals surface area (Å²) in [6.45, 7) is 1.55. The van der Waals surface area contributed by atoms with Crippen molar-refractivity contribution in [3.8, 4) is 0 Å². The third kappa shape index (κ3) is 1.09. The van der Waals surface area contributed by atoms with Gasteiger partial charge in [-0.1, -0.05) is 0 Å².